The van der Waals surface area contributed by atoms with E-state index in [4.69, 9.17) is 5.73 Å². The number of carbonyl (C=O) groups is 1. The molecule has 1 aliphatic rings. The Morgan fingerprint density at radius 3 is 3.00 bits per heavy atom. The lowest BCUT2D eigenvalue weighted by Crippen LogP contribution is -2.32. The molecule has 0 atom stereocenters. The zero-order chi connectivity index (χ0) is 11.5. The number of carbonyl (C=O) groups excluding carboxylic acids is 1. The Morgan fingerprint density at radius 2 is 2.44 bits per heavy atom. The Morgan fingerprint density at radius 1 is 1.69 bits per heavy atom. The van der Waals surface area contributed by atoms with Gasteiger partial charge >= 0.3 is 0 Å². The smallest absolute Gasteiger partial charge is 0.244 e. The summed E-state index contributed by atoms with van der Waals surface area (Å²) >= 11 is 0. The zero-order valence-electron chi connectivity index (χ0n) is 9.46. The van der Waals surface area contributed by atoms with Crippen molar-refractivity contribution in [3.05, 3.63) is 11.9 Å². The number of hydrogen-bond donors (Lipinski definition) is 1. The van der Waals surface area contributed by atoms with Crippen LogP contribution < -0.4 is 5.73 Å². The van der Waals surface area contributed by atoms with Crippen LogP contribution in [0.15, 0.2) is 6.20 Å². The van der Waals surface area contributed by atoms with Crippen molar-refractivity contribution < 1.29 is 4.79 Å². The normalized spacial score (nSPS) is 15.1. The van der Waals surface area contributed by atoms with Crippen LogP contribution in [-0.2, 0) is 17.9 Å². The Balaban J connectivity index is 1.85. The summed E-state index contributed by atoms with van der Waals surface area (Å²) in [5, 5.41) is 7.68. The van der Waals surface area contributed by atoms with Gasteiger partial charge in [0.1, 0.15) is 6.54 Å². The van der Waals surface area contributed by atoms with Gasteiger partial charge in [0.2, 0.25) is 5.91 Å². The Labute approximate surface area is 94.4 Å². The number of likely N-dealkylation sites (N-methyl/N-ethyl adjacent to an activating group) is 1. The standard InChI is InChI=1S/C10H17N5O/c1-14(5-8-2-3-8)10(16)7-15-6-9(4-11)12-13-15/h6,8H,2-5,7,11H2,1H3. The highest BCUT2D eigenvalue weighted by Gasteiger charge is 2.24. The first kappa shape index (κ1) is 11.1. The number of hydrogen-bond acceptors (Lipinski definition) is 4. The van der Waals surface area contributed by atoms with E-state index in [0.29, 0.717) is 18.2 Å². The first-order chi connectivity index (χ1) is 7.69. The lowest BCUT2D eigenvalue weighted by Gasteiger charge is -2.16. The van der Waals surface area contributed by atoms with Gasteiger partial charge in [-0.15, -0.1) is 5.10 Å². The van der Waals surface area contributed by atoms with Crippen molar-refractivity contribution in [1.82, 2.24) is 19.9 Å². The van der Waals surface area contributed by atoms with Gasteiger partial charge in [-0.1, -0.05) is 5.21 Å². The number of amides is 1. The highest BCUT2D eigenvalue weighted by molar-refractivity contribution is 5.75. The van der Waals surface area contributed by atoms with Crippen LogP contribution in [0.5, 0.6) is 0 Å². The fourth-order valence-electron chi connectivity index (χ4n) is 1.56. The second-order valence-corrected chi connectivity index (χ2v) is 4.33. The molecule has 0 aliphatic heterocycles. The fourth-order valence-corrected chi connectivity index (χ4v) is 1.56. The minimum Gasteiger partial charge on any atom is -0.344 e. The lowest BCUT2D eigenvalue weighted by molar-refractivity contribution is -0.130. The summed E-state index contributed by atoms with van der Waals surface area (Å²) in [6.07, 6.45) is 4.21. The Kier molecular flexibility index (Phi) is 3.19. The molecule has 0 saturated heterocycles. The first-order valence-electron chi connectivity index (χ1n) is 5.52. The molecule has 0 aromatic carbocycles. The molecule has 2 rings (SSSR count). The van der Waals surface area contributed by atoms with Crippen molar-refractivity contribution in [1.29, 1.82) is 0 Å². The Hall–Kier alpha value is -1.43. The van der Waals surface area contributed by atoms with Gasteiger partial charge in [0.25, 0.3) is 0 Å². The van der Waals surface area contributed by atoms with Crippen LogP contribution in [0.4, 0.5) is 0 Å². The van der Waals surface area contributed by atoms with E-state index in [1.165, 1.54) is 17.5 Å². The molecule has 0 bridgehead atoms. The molecule has 0 spiro atoms. The monoisotopic (exact) mass is 223 g/mol. The molecule has 1 saturated carbocycles. The molecule has 6 nitrogen and oxygen atoms in total. The lowest BCUT2D eigenvalue weighted by atomic mass is 10.4. The Bertz CT molecular complexity index is 371. The fraction of sp³-hybridized carbons (Fsp3) is 0.700. The third kappa shape index (κ3) is 2.79. The van der Waals surface area contributed by atoms with Gasteiger partial charge in [-0.25, -0.2) is 4.68 Å². The molecule has 0 radical (unpaired) electrons. The number of nitrogens with zero attached hydrogens (tertiary/aromatic N) is 4. The molecule has 1 aromatic heterocycles. The zero-order valence-corrected chi connectivity index (χ0v) is 9.46. The third-order valence-electron chi connectivity index (χ3n) is 2.75. The van der Waals surface area contributed by atoms with Crippen molar-refractivity contribution in [3.63, 3.8) is 0 Å². The average molecular weight is 223 g/mol. The van der Waals surface area contributed by atoms with E-state index in [1.54, 1.807) is 11.1 Å². The van der Waals surface area contributed by atoms with Crippen LogP contribution in [0.1, 0.15) is 18.5 Å². The predicted molar refractivity (Wildman–Crippen MR) is 58.3 cm³/mol. The molecule has 88 valence electrons. The highest BCUT2D eigenvalue weighted by atomic mass is 16.2. The second kappa shape index (κ2) is 4.61. The van der Waals surface area contributed by atoms with E-state index in [9.17, 15) is 4.79 Å². The molecule has 1 aromatic rings. The first-order valence-corrected chi connectivity index (χ1v) is 5.52. The second-order valence-electron chi connectivity index (χ2n) is 4.33. The summed E-state index contributed by atoms with van der Waals surface area (Å²) in [7, 11) is 1.83. The molecule has 6 heteroatoms. The quantitative estimate of drug-likeness (QED) is 0.737. The van der Waals surface area contributed by atoms with Crippen LogP contribution in [0.2, 0.25) is 0 Å². The number of rotatable bonds is 5. The summed E-state index contributed by atoms with van der Waals surface area (Å²) in [6, 6.07) is 0. The van der Waals surface area contributed by atoms with E-state index in [1.807, 2.05) is 7.05 Å². The molecule has 1 amide bonds. The molecule has 2 N–H and O–H groups in total. The topological polar surface area (TPSA) is 77.0 Å². The van der Waals surface area contributed by atoms with Gasteiger partial charge < -0.3 is 10.6 Å². The summed E-state index contributed by atoms with van der Waals surface area (Å²) in [6.45, 7) is 1.46. The summed E-state index contributed by atoms with van der Waals surface area (Å²) in [5.41, 5.74) is 6.12. The van der Waals surface area contributed by atoms with Gasteiger partial charge in [-0.3, -0.25) is 4.79 Å². The van der Waals surface area contributed by atoms with E-state index >= 15 is 0 Å². The minimum atomic E-state index is 0.0698. The maximum absolute atomic E-state index is 11.8. The molecular weight excluding hydrogens is 206 g/mol. The van der Waals surface area contributed by atoms with Crippen molar-refractivity contribution in [2.75, 3.05) is 13.6 Å². The molecule has 1 aliphatic carbocycles. The van der Waals surface area contributed by atoms with E-state index in [0.717, 1.165) is 6.54 Å². The van der Waals surface area contributed by atoms with Crippen molar-refractivity contribution in [2.45, 2.75) is 25.9 Å². The van der Waals surface area contributed by atoms with Crippen molar-refractivity contribution in [3.8, 4) is 0 Å². The SMILES string of the molecule is CN(CC1CC1)C(=O)Cn1cc(CN)nn1. The van der Waals surface area contributed by atoms with E-state index in [2.05, 4.69) is 10.3 Å². The maximum Gasteiger partial charge on any atom is 0.244 e. The maximum atomic E-state index is 11.8. The van der Waals surface area contributed by atoms with Crippen LogP contribution in [-0.4, -0.2) is 39.4 Å². The van der Waals surface area contributed by atoms with Crippen LogP contribution in [0.3, 0.4) is 0 Å². The van der Waals surface area contributed by atoms with Gasteiger partial charge in [0, 0.05) is 20.1 Å². The van der Waals surface area contributed by atoms with Crippen LogP contribution in [0.25, 0.3) is 0 Å². The van der Waals surface area contributed by atoms with E-state index < -0.39 is 0 Å². The number of aromatic nitrogens is 3. The third-order valence-corrected chi connectivity index (χ3v) is 2.75. The van der Waals surface area contributed by atoms with Crippen LogP contribution in [0, 0.1) is 5.92 Å². The molecule has 1 fully saturated rings. The van der Waals surface area contributed by atoms with E-state index in [-0.39, 0.29) is 12.5 Å². The summed E-state index contributed by atoms with van der Waals surface area (Å²) < 4.78 is 1.54. The van der Waals surface area contributed by atoms with Crippen molar-refractivity contribution in [2.24, 2.45) is 11.7 Å². The van der Waals surface area contributed by atoms with Gasteiger partial charge in [-0.2, -0.15) is 0 Å². The minimum absolute atomic E-state index is 0.0698. The van der Waals surface area contributed by atoms with Gasteiger partial charge in [0.05, 0.1) is 11.9 Å². The molecule has 1 heterocycles. The van der Waals surface area contributed by atoms with Crippen LogP contribution >= 0.6 is 0 Å². The largest absolute Gasteiger partial charge is 0.344 e. The summed E-state index contributed by atoms with van der Waals surface area (Å²) in [4.78, 5) is 13.5. The molecular formula is C10H17N5O. The molecule has 16 heavy (non-hydrogen) atoms. The van der Waals surface area contributed by atoms with Gasteiger partial charge in [-0.05, 0) is 18.8 Å². The average Bonchev–Trinajstić information content (AvgIpc) is 2.96. The number of nitrogens with two attached hydrogens (primary N) is 1. The summed E-state index contributed by atoms with van der Waals surface area (Å²) in [5.74, 6) is 0.782. The van der Waals surface area contributed by atoms with Crippen molar-refractivity contribution >= 4 is 5.91 Å². The van der Waals surface area contributed by atoms with Gasteiger partial charge in [0.15, 0.2) is 0 Å². The predicted octanol–water partition coefficient (Wildman–Crippen LogP) is -0.395. The molecule has 0 unspecified atom stereocenters. The highest BCUT2D eigenvalue weighted by Crippen LogP contribution is 2.29.